The largest absolute Gasteiger partial charge is 0.363 e. The number of anilines is 2. The smallest absolute Gasteiger partial charge is 0.250 e. The first kappa shape index (κ1) is 27.3. The molecule has 2 aromatic heterocycles. The van der Waals surface area contributed by atoms with Crippen molar-refractivity contribution in [3.05, 3.63) is 83.3 Å². The molecule has 3 heterocycles. The van der Waals surface area contributed by atoms with Crippen molar-refractivity contribution in [1.29, 1.82) is 0 Å². The molecule has 8 nitrogen and oxygen atoms in total. The summed E-state index contributed by atoms with van der Waals surface area (Å²) < 4.78 is 0. The molecule has 3 aromatic rings. The van der Waals surface area contributed by atoms with Gasteiger partial charge in [-0.3, -0.25) is 24.3 Å². The Kier molecular flexibility index (Phi) is 8.42. The lowest BCUT2D eigenvalue weighted by atomic mass is 9.80. The summed E-state index contributed by atoms with van der Waals surface area (Å²) in [5, 5.41) is 0.593. The van der Waals surface area contributed by atoms with Crippen molar-refractivity contribution >= 4 is 40.8 Å². The van der Waals surface area contributed by atoms with Crippen LogP contribution in [0.3, 0.4) is 0 Å². The van der Waals surface area contributed by atoms with Gasteiger partial charge in [0.1, 0.15) is 11.9 Å². The fourth-order valence-electron chi connectivity index (χ4n) is 4.86. The van der Waals surface area contributed by atoms with Crippen LogP contribution in [0.5, 0.6) is 0 Å². The molecule has 198 valence electrons. The quantitative estimate of drug-likeness (QED) is 0.380. The van der Waals surface area contributed by atoms with Crippen molar-refractivity contribution in [3.63, 3.8) is 0 Å². The number of hydrogen-bond acceptors (Lipinski definition) is 6. The highest BCUT2D eigenvalue weighted by molar-refractivity contribution is 6.30. The number of β-lactam (4-membered cyclic amide) rings is 1. The number of carbonyl (C=O) groups excluding carboxylic acids is 3. The summed E-state index contributed by atoms with van der Waals surface area (Å²) in [5.74, 6) is -1.02. The van der Waals surface area contributed by atoms with E-state index in [1.54, 1.807) is 43.8 Å². The van der Waals surface area contributed by atoms with Crippen molar-refractivity contribution in [2.45, 2.75) is 38.1 Å². The van der Waals surface area contributed by atoms with Gasteiger partial charge in [-0.25, -0.2) is 4.98 Å². The maximum absolute atomic E-state index is 13.8. The van der Waals surface area contributed by atoms with E-state index in [0.717, 1.165) is 21.8 Å². The van der Waals surface area contributed by atoms with Crippen LogP contribution in [-0.2, 0) is 20.8 Å². The van der Waals surface area contributed by atoms with Crippen LogP contribution in [0.15, 0.2) is 67.1 Å². The first-order chi connectivity index (χ1) is 18.2. The molecular formula is C29H32ClN5O3. The second-order valence-electron chi connectivity index (χ2n) is 9.74. The van der Waals surface area contributed by atoms with Gasteiger partial charge in [0.15, 0.2) is 0 Å². The minimum absolute atomic E-state index is 0.109. The number of pyridine rings is 2. The zero-order valence-electron chi connectivity index (χ0n) is 22.0. The molecule has 38 heavy (non-hydrogen) atoms. The van der Waals surface area contributed by atoms with E-state index in [-0.39, 0.29) is 30.1 Å². The number of hydrogen-bond donors (Lipinski definition) is 0. The normalized spacial score (nSPS) is 17.5. The highest BCUT2D eigenvalue weighted by Crippen LogP contribution is 2.35. The molecule has 1 aliphatic heterocycles. The van der Waals surface area contributed by atoms with Gasteiger partial charge in [-0.2, -0.15) is 0 Å². The van der Waals surface area contributed by atoms with Crippen LogP contribution >= 0.6 is 11.6 Å². The topological polar surface area (TPSA) is 86.7 Å². The highest BCUT2D eigenvalue weighted by Gasteiger charge is 2.55. The van der Waals surface area contributed by atoms with E-state index in [9.17, 15) is 14.4 Å². The fraction of sp³-hybridized carbons (Fsp3) is 0.345. The van der Waals surface area contributed by atoms with Crippen LogP contribution in [0.1, 0.15) is 36.8 Å². The Hall–Kier alpha value is -3.78. The lowest BCUT2D eigenvalue weighted by molar-refractivity contribution is -0.170. The van der Waals surface area contributed by atoms with Crippen LogP contribution in [-0.4, -0.2) is 59.8 Å². The van der Waals surface area contributed by atoms with Gasteiger partial charge >= 0.3 is 0 Å². The Morgan fingerprint density at radius 1 is 1.05 bits per heavy atom. The summed E-state index contributed by atoms with van der Waals surface area (Å²) in [6.45, 7) is 1.99. The molecule has 0 aliphatic carbocycles. The second kappa shape index (κ2) is 11.7. The van der Waals surface area contributed by atoms with E-state index in [1.165, 1.54) is 4.90 Å². The lowest BCUT2D eigenvalue weighted by Crippen LogP contribution is -2.69. The maximum Gasteiger partial charge on any atom is 0.250 e. The average Bonchev–Trinajstić information content (AvgIpc) is 2.92. The number of carbonyl (C=O) groups is 3. The summed E-state index contributed by atoms with van der Waals surface area (Å²) in [7, 11) is 5.43. The summed E-state index contributed by atoms with van der Waals surface area (Å²) in [5.41, 5.74) is 2.45. The molecular weight excluding hydrogens is 502 g/mol. The predicted molar refractivity (Wildman–Crippen MR) is 148 cm³/mol. The summed E-state index contributed by atoms with van der Waals surface area (Å²) in [4.78, 5) is 53.6. The van der Waals surface area contributed by atoms with E-state index < -0.39 is 12.0 Å². The Balaban J connectivity index is 1.61. The minimum atomic E-state index is -0.902. The van der Waals surface area contributed by atoms with Crippen LogP contribution < -0.4 is 9.80 Å². The SMILES string of the molecule is CC[C@@H](CC(=O)N1C(=O)[C@H](Cc2ccnc(N(C)C)c2)[C@H]1C(=O)N(C)c1ccncc1)c1cccc(Cl)c1. The van der Waals surface area contributed by atoms with Crippen molar-refractivity contribution in [3.8, 4) is 0 Å². The van der Waals surface area contributed by atoms with Gasteiger partial charge in [0.05, 0.1) is 5.92 Å². The molecule has 0 saturated carbocycles. The number of halogens is 1. The lowest BCUT2D eigenvalue weighted by Gasteiger charge is -2.46. The van der Waals surface area contributed by atoms with Gasteiger partial charge in [-0.1, -0.05) is 30.7 Å². The van der Waals surface area contributed by atoms with Gasteiger partial charge in [0.2, 0.25) is 11.8 Å². The van der Waals surface area contributed by atoms with Crippen molar-refractivity contribution in [1.82, 2.24) is 14.9 Å². The van der Waals surface area contributed by atoms with Crippen LogP contribution in [0.25, 0.3) is 0 Å². The monoisotopic (exact) mass is 533 g/mol. The molecule has 3 atom stereocenters. The molecule has 0 spiro atoms. The summed E-state index contributed by atoms with van der Waals surface area (Å²) in [6, 6.07) is 13.7. The number of rotatable bonds is 9. The number of aromatic nitrogens is 2. The van der Waals surface area contributed by atoms with E-state index in [0.29, 0.717) is 23.6 Å². The average molecular weight is 534 g/mol. The third-order valence-corrected chi connectivity index (χ3v) is 7.31. The highest BCUT2D eigenvalue weighted by atomic mass is 35.5. The van der Waals surface area contributed by atoms with Crippen molar-refractivity contribution < 1.29 is 14.4 Å². The van der Waals surface area contributed by atoms with E-state index in [2.05, 4.69) is 9.97 Å². The minimum Gasteiger partial charge on any atom is -0.363 e. The van der Waals surface area contributed by atoms with Crippen molar-refractivity contribution in [2.75, 3.05) is 30.9 Å². The zero-order chi connectivity index (χ0) is 27.4. The molecule has 4 rings (SSSR count). The first-order valence-corrected chi connectivity index (χ1v) is 13.0. The van der Waals surface area contributed by atoms with Gasteiger partial charge in [0.25, 0.3) is 5.91 Å². The number of nitrogens with zero attached hydrogens (tertiary/aromatic N) is 5. The molecule has 0 N–H and O–H groups in total. The molecule has 1 aliphatic rings. The number of benzene rings is 1. The summed E-state index contributed by atoms with van der Waals surface area (Å²) in [6.07, 6.45) is 6.02. The fourth-order valence-corrected chi connectivity index (χ4v) is 5.05. The van der Waals surface area contributed by atoms with Gasteiger partial charge in [-0.15, -0.1) is 0 Å². The Morgan fingerprint density at radius 2 is 1.79 bits per heavy atom. The third-order valence-electron chi connectivity index (χ3n) is 7.07. The second-order valence-corrected chi connectivity index (χ2v) is 10.2. The van der Waals surface area contributed by atoms with E-state index in [1.807, 2.05) is 56.3 Å². The molecule has 9 heteroatoms. The molecule has 0 radical (unpaired) electrons. The van der Waals surface area contributed by atoms with Crippen molar-refractivity contribution in [2.24, 2.45) is 5.92 Å². The zero-order valence-corrected chi connectivity index (χ0v) is 22.8. The number of amides is 3. The predicted octanol–water partition coefficient (Wildman–Crippen LogP) is 4.34. The van der Waals surface area contributed by atoms with E-state index in [4.69, 9.17) is 11.6 Å². The van der Waals surface area contributed by atoms with Gasteiger partial charge in [-0.05, 0) is 66.3 Å². The number of likely N-dealkylation sites (N-methyl/N-ethyl adjacent to an activating group) is 1. The van der Waals surface area contributed by atoms with Gasteiger partial charge in [0, 0.05) is 56.9 Å². The molecule has 1 saturated heterocycles. The van der Waals surface area contributed by atoms with Gasteiger partial charge < -0.3 is 9.80 Å². The third kappa shape index (κ3) is 5.70. The Labute approximate surface area is 228 Å². The Morgan fingerprint density at radius 3 is 2.45 bits per heavy atom. The standard InChI is InChI=1S/C29H32ClN5O3/c1-5-20(21-7-6-8-22(30)17-21)18-26(36)35-27(29(38)34(4)23-10-12-31-13-11-23)24(28(35)37)15-19-9-14-32-25(16-19)33(2)3/h6-14,16-17,20,24,27H,5,15,18H2,1-4H3/t20-,24+,27-/m0/s1. The van der Waals surface area contributed by atoms with Crippen LogP contribution in [0, 0.1) is 5.92 Å². The Bertz CT molecular complexity index is 1320. The molecule has 1 aromatic carbocycles. The summed E-state index contributed by atoms with van der Waals surface area (Å²) >= 11 is 6.18. The first-order valence-electron chi connectivity index (χ1n) is 12.6. The molecule has 0 bridgehead atoms. The number of likely N-dealkylation sites (tertiary alicyclic amines) is 1. The van der Waals surface area contributed by atoms with Crippen LogP contribution in [0.4, 0.5) is 11.5 Å². The maximum atomic E-state index is 13.8. The molecule has 3 amide bonds. The van der Waals surface area contributed by atoms with E-state index >= 15 is 0 Å². The number of imide groups is 1. The van der Waals surface area contributed by atoms with Crippen LogP contribution in [0.2, 0.25) is 5.02 Å². The molecule has 0 unspecified atom stereocenters. The molecule has 1 fully saturated rings.